The van der Waals surface area contributed by atoms with E-state index in [9.17, 15) is 4.79 Å². The van der Waals surface area contributed by atoms with Crippen molar-refractivity contribution in [3.8, 4) is 0 Å². The lowest BCUT2D eigenvalue weighted by molar-refractivity contribution is -0.128. The van der Waals surface area contributed by atoms with Gasteiger partial charge in [-0.1, -0.05) is 40.2 Å². The molecule has 1 aliphatic heterocycles. The molecule has 1 atom stereocenters. The summed E-state index contributed by atoms with van der Waals surface area (Å²) in [6, 6.07) is 8.57. The van der Waals surface area contributed by atoms with Gasteiger partial charge in [-0.25, -0.2) is 0 Å². The number of carbonyl (C=O) groups excluding carboxylic acids is 1. The summed E-state index contributed by atoms with van der Waals surface area (Å²) >= 11 is 3.47. The highest BCUT2D eigenvalue weighted by Crippen LogP contribution is 2.21. The summed E-state index contributed by atoms with van der Waals surface area (Å²) < 4.78 is 0. The van der Waals surface area contributed by atoms with Crippen LogP contribution in [0.5, 0.6) is 0 Å². The summed E-state index contributed by atoms with van der Waals surface area (Å²) in [7, 11) is 4.13. The zero-order valence-electron chi connectivity index (χ0n) is 11.6. The van der Waals surface area contributed by atoms with Gasteiger partial charge in [0.15, 0.2) is 0 Å². The lowest BCUT2D eigenvalue weighted by Crippen LogP contribution is -2.24. The van der Waals surface area contributed by atoms with Crippen molar-refractivity contribution in [2.45, 2.75) is 19.5 Å². The van der Waals surface area contributed by atoms with Crippen molar-refractivity contribution in [2.75, 3.05) is 26.0 Å². The van der Waals surface area contributed by atoms with Crippen molar-refractivity contribution in [1.29, 1.82) is 0 Å². The third-order valence-electron chi connectivity index (χ3n) is 3.41. The molecule has 1 unspecified atom stereocenters. The fraction of sp³-hybridized carbons (Fsp3) is 0.533. The molecule has 0 N–H and O–H groups in total. The molecule has 0 radical (unpaired) electrons. The monoisotopic (exact) mass is 324 g/mol. The topological polar surface area (TPSA) is 23.6 Å². The van der Waals surface area contributed by atoms with Crippen LogP contribution in [0.4, 0.5) is 0 Å². The summed E-state index contributed by atoms with van der Waals surface area (Å²) in [5.41, 5.74) is 2.52. The molecular formula is C15H21BrN2O. The number of rotatable bonds is 5. The Morgan fingerprint density at radius 3 is 2.42 bits per heavy atom. The molecule has 1 aromatic carbocycles. The second kappa shape index (κ2) is 6.53. The molecule has 1 amide bonds. The Morgan fingerprint density at radius 1 is 1.26 bits per heavy atom. The van der Waals surface area contributed by atoms with Gasteiger partial charge in [0, 0.05) is 31.4 Å². The first-order valence-electron chi connectivity index (χ1n) is 6.64. The predicted molar refractivity (Wildman–Crippen MR) is 81.2 cm³/mol. The number of halogens is 1. The standard InChI is InChI=1S/C15H21BrN2O/c1-17(2)9-12-3-5-13(6-4-12)10-18-11-14(8-16)7-15(18)19/h3-6,14H,7-11H2,1-2H3. The van der Waals surface area contributed by atoms with E-state index < -0.39 is 0 Å². The second-order valence-electron chi connectivity index (χ2n) is 5.55. The second-order valence-corrected chi connectivity index (χ2v) is 6.20. The molecule has 3 nitrogen and oxygen atoms in total. The summed E-state index contributed by atoms with van der Waals surface area (Å²) in [6.07, 6.45) is 0.684. The van der Waals surface area contributed by atoms with Crippen molar-refractivity contribution in [3.05, 3.63) is 35.4 Å². The quantitative estimate of drug-likeness (QED) is 0.777. The minimum Gasteiger partial charge on any atom is -0.338 e. The Kier molecular flexibility index (Phi) is 4.99. The van der Waals surface area contributed by atoms with Gasteiger partial charge < -0.3 is 9.80 Å². The van der Waals surface area contributed by atoms with Crippen molar-refractivity contribution in [2.24, 2.45) is 5.92 Å². The minimum absolute atomic E-state index is 0.279. The van der Waals surface area contributed by atoms with Crippen LogP contribution in [0.25, 0.3) is 0 Å². The molecule has 19 heavy (non-hydrogen) atoms. The zero-order chi connectivity index (χ0) is 13.8. The van der Waals surface area contributed by atoms with Crippen molar-refractivity contribution in [3.63, 3.8) is 0 Å². The van der Waals surface area contributed by atoms with E-state index in [0.717, 1.165) is 25.0 Å². The van der Waals surface area contributed by atoms with E-state index in [1.807, 2.05) is 4.90 Å². The maximum absolute atomic E-state index is 11.9. The van der Waals surface area contributed by atoms with Gasteiger partial charge in [-0.15, -0.1) is 0 Å². The van der Waals surface area contributed by atoms with Crippen LogP contribution in [0.3, 0.4) is 0 Å². The Balaban J connectivity index is 1.94. The number of likely N-dealkylation sites (tertiary alicyclic amines) is 1. The SMILES string of the molecule is CN(C)Cc1ccc(CN2CC(CBr)CC2=O)cc1. The van der Waals surface area contributed by atoms with Gasteiger partial charge in [-0.05, 0) is 31.1 Å². The maximum Gasteiger partial charge on any atom is 0.223 e. The molecular weight excluding hydrogens is 304 g/mol. The molecule has 0 spiro atoms. The van der Waals surface area contributed by atoms with Crippen LogP contribution >= 0.6 is 15.9 Å². The number of amides is 1. The van der Waals surface area contributed by atoms with Gasteiger partial charge in [0.25, 0.3) is 0 Å². The molecule has 0 saturated carbocycles. The number of nitrogens with zero attached hydrogens (tertiary/aromatic N) is 2. The normalized spacial score (nSPS) is 19.5. The smallest absolute Gasteiger partial charge is 0.223 e. The Bertz CT molecular complexity index is 430. The molecule has 0 aromatic heterocycles. The molecule has 104 valence electrons. The number of benzene rings is 1. The molecule has 1 heterocycles. The average Bonchev–Trinajstić information content (AvgIpc) is 2.72. The van der Waals surface area contributed by atoms with Gasteiger partial charge in [0.05, 0.1) is 0 Å². The highest BCUT2D eigenvalue weighted by molar-refractivity contribution is 9.09. The number of alkyl halides is 1. The maximum atomic E-state index is 11.9. The van der Waals surface area contributed by atoms with Gasteiger partial charge in [-0.3, -0.25) is 4.79 Å². The van der Waals surface area contributed by atoms with Crippen LogP contribution in [0.15, 0.2) is 24.3 Å². The lowest BCUT2D eigenvalue weighted by Gasteiger charge is -2.17. The first kappa shape index (κ1) is 14.5. The van der Waals surface area contributed by atoms with Crippen LogP contribution < -0.4 is 0 Å². The zero-order valence-corrected chi connectivity index (χ0v) is 13.2. The highest BCUT2D eigenvalue weighted by atomic mass is 79.9. The van der Waals surface area contributed by atoms with Crippen LogP contribution in [0.2, 0.25) is 0 Å². The van der Waals surface area contributed by atoms with E-state index in [0.29, 0.717) is 12.3 Å². The molecule has 1 aromatic rings. The lowest BCUT2D eigenvalue weighted by atomic mass is 10.1. The van der Waals surface area contributed by atoms with Gasteiger partial charge in [-0.2, -0.15) is 0 Å². The third-order valence-corrected chi connectivity index (χ3v) is 4.32. The molecule has 1 saturated heterocycles. The van der Waals surface area contributed by atoms with E-state index in [4.69, 9.17) is 0 Å². The Morgan fingerprint density at radius 2 is 1.89 bits per heavy atom. The fourth-order valence-corrected chi connectivity index (χ4v) is 2.88. The van der Waals surface area contributed by atoms with Crippen LogP contribution in [-0.2, 0) is 17.9 Å². The predicted octanol–water partition coefficient (Wildman–Crippen LogP) is 2.49. The van der Waals surface area contributed by atoms with Crippen molar-refractivity contribution < 1.29 is 4.79 Å². The molecule has 0 bridgehead atoms. The molecule has 1 aliphatic rings. The van der Waals surface area contributed by atoms with E-state index in [2.05, 4.69) is 59.2 Å². The Hall–Kier alpha value is -0.870. The summed E-state index contributed by atoms with van der Waals surface area (Å²) in [5, 5.41) is 0.914. The molecule has 1 fully saturated rings. The van der Waals surface area contributed by atoms with Crippen LogP contribution in [0, 0.1) is 5.92 Å². The molecule has 4 heteroatoms. The average molecular weight is 325 g/mol. The van der Waals surface area contributed by atoms with Gasteiger partial charge >= 0.3 is 0 Å². The van der Waals surface area contributed by atoms with E-state index in [1.165, 1.54) is 11.1 Å². The first-order valence-corrected chi connectivity index (χ1v) is 7.77. The third kappa shape index (κ3) is 4.05. The van der Waals surface area contributed by atoms with Crippen molar-refractivity contribution in [1.82, 2.24) is 9.80 Å². The van der Waals surface area contributed by atoms with E-state index >= 15 is 0 Å². The van der Waals surface area contributed by atoms with Gasteiger partial charge in [0.2, 0.25) is 5.91 Å². The summed E-state index contributed by atoms with van der Waals surface area (Å²) in [6.45, 7) is 2.57. The van der Waals surface area contributed by atoms with Crippen molar-refractivity contribution >= 4 is 21.8 Å². The molecule has 2 rings (SSSR count). The summed E-state index contributed by atoms with van der Waals surface area (Å²) in [5.74, 6) is 0.752. The number of hydrogen-bond acceptors (Lipinski definition) is 2. The molecule has 0 aliphatic carbocycles. The van der Waals surface area contributed by atoms with Crippen LogP contribution in [-0.4, -0.2) is 41.7 Å². The fourth-order valence-electron chi connectivity index (χ4n) is 2.45. The summed E-state index contributed by atoms with van der Waals surface area (Å²) in [4.78, 5) is 16.0. The van der Waals surface area contributed by atoms with E-state index in [1.54, 1.807) is 0 Å². The Labute approximate surface area is 123 Å². The number of hydrogen-bond donors (Lipinski definition) is 0. The van der Waals surface area contributed by atoms with E-state index in [-0.39, 0.29) is 5.91 Å². The largest absolute Gasteiger partial charge is 0.338 e. The van der Waals surface area contributed by atoms with Gasteiger partial charge in [0.1, 0.15) is 0 Å². The van der Waals surface area contributed by atoms with Crippen LogP contribution in [0.1, 0.15) is 17.5 Å². The highest BCUT2D eigenvalue weighted by Gasteiger charge is 2.28. The first-order chi connectivity index (χ1) is 9.08. The minimum atomic E-state index is 0.279. The number of carbonyl (C=O) groups is 1.